The van der Waals surface area contributed by atoms with E-state index in [1.165, 1.54) is 25.4 Å². The summed E-state index contributed by atoms with van der Waals surface area (Å²) in [5.41, 5.74) is 5.06. The van der Waals surface area contributed by atoms with Crippen LogP contribution < -0.4 is 15.4 Å². The third-order valence-electron chi connectivity index (χ3n) is 9.97. The lowest BCUT2D eigenvalue weighted by Crippen LogP contribution is -2.43. The third kappa shape index (κ3) is 6.21. The summed E-state index contributed by atoms with van der Waals surface area (Å²) in [6, 6.07) is 1.10. The first-order chi connectivity index (χ1) is 24.4. The van der Waals surface area contributed by atoms with Crippen LogP contribution in [0, 0.1) is 5.82 Å². The van der Waals surface area contributed by atoms with Gasteiger partial charge in [-0.25, -0.2) is 26.9 Å². The third-order valence-corrected chi connectivity index (χ3v) is 10.3. The molecule has 51 heavy (non-hydrogen) atoms. The molecule has 270 valence electrons. The molecule has 17 heteroatoms. The number of nitrogens with one attached hydrogen (secondary N) is 1. The predicted molar refractivity (Wildman–Crippen MR) is 183 cm³/mol. The van der Waals surface area contributed by atoms with Crippen molar-refractivity contribution >= 4 is 51.9 Å². The highest BCUT2D eigenvalue weighted by molar-refractivity contribution is 6.32. The van der Waals surface area contributed by atoms with E-state index in [1.54, 1.807) is 11.8 Å². The molecule has 0 spiro atoms. The Balaban J connectivity index is 1.44. The van der Waals surface area contributed by atoms with Gasteiger partial charge in [0.2, 0.25) is 5.90 Å². The van der Waals surface area contributed by atoms with E-state index < -0.39 is 47.4 Å². The number of fused-ring (bicyclic) bond motifs is 3. The van der Waals surface area contributed by atoms with Crippen LogP contribution in [0.5, 0.6) is 6.01 Å². The molecule has 0 saturated carbocycles. The highest BCUT2D eigenvalue weighted by Gasteiger charge is 2.49. The monoisotopic (exact) mass is 731 g/mol. The maximum atomic E-state index is 17.0. The maximum absolute atomic E-state index is 17.0. The van der Waals surface area contributed by atoms with Crippen LogP contribution >= 0.6 is 11.6 Å². The molecule has 7 rings (SSSR count). The van der Waals surface area contributed by atoms with Gasteiger partial charge in [-0.05, 0) is 57.0 Å². The first-order valence-corrected chi connectivity index (χ1v) is 16.8. The number of nitrogen functional groups attached to an aromatic ring is 1. The molecule has 3 aliphatic heterocycles. The molecule has 6 heterocycles. The Bertz CT molecular complexity index is 2040. The van der Waals surface area contributed by atoms with Crippen molar-refractivity contribution < 1.29 is 31.4 Å². The second-order valence-electron chi connectivity index (χ2n) is 13.1. The van der Waals surface area contributed by atoms with Gasteiger partial charge in [0, 0.05) is 36.5 Å². The zero-order valence-electron chi connectivity index (χ0n) is 27.9. The first-order valence-electron chi connectivity index (χ1n) is 16.4. The van der Waals surface area contributed by atoms with E-state index in [2.05, 4.69) is 30.1 Å². The Hall–Kier alpha value is -4.57. The molecule has 2 unspecified atom stereocenters. The molecule has 0 radical (unpaired) electrons. The number of alkyl halides is 3. The highest BCUT2D eigenvalue weighted by atomic mass is 35.5. The lowest BCUT2D eigenvalue weighted by molar-refractivity contribution is 0.107. The fourth-order valence-corrected chi connectivity index (χ4v) is 7.91. The van der Waals surface area contributed by atoms with Crippen LogP contribution in [0.1, 0.15) is 73.5 Å². The van der Waals surface area contributed by atoms with E-state index in [0.717, 1.165) is 18.7 Å². The van der Waals surface area contributed by atoms with Gasteiger partial charge in [0.25, 0.3) is 6.43 Å². The molecule has 3 N–H and O–H groups in total. The molecule has 4 atom stereocenters. The van der Waals surface area contributed by atoms with Crippen LogP contribution in [0.2, 0.25) is 5.02 Å². The van der Waals surface area contributed by atoms with E-state index >= 15 is 4.39 Å². The van der Waals surface area contributed by atoms with E-state index in [-0.39, 0.29) is 77.0 Å². The molecule has 0 bridgehead atoms. The van der Waals surface area contributed by atoms with Gasteiger partial charge >= 0.3 is 6.01 Å². The van der Waals surface area contributed by atoms with Crippen LogP contribution in [0.3, 0.4) is 0 Å². The SMILES string of the molecule is CN=C1OC[C@H](C)N(C(C)c2cc(F)cnc2N)c2nc(OC[C@@]34CCCN3CC(F)C4)nc(/C(F)=C/c3c(C(F)F)c(Cl)cc4[nH]ncc34)c21. The van der Waals surface area contributed by atoms with Crippen molar-refractivity contribution in [1.29, 1.82) is 0 Å². The van der Waals surface area contributed by atoms with Gasteiger partial charge in [0.1, 0.15) is 48.1 Å². The van der Waals surface area contributed by atoms with Gasteiger partial charge < -0.3 is 20.1 Å². The summed E-state index contributed by atoms with van der Waals surface area (Å²) >= 11 is 6.26. The van der Waals surface area contributed by atoms with E-state index in [1.807, 2.05) is 6.92 Å². The second-order valence-corrected chi connectivity index (χ2v) is 13.5. The standard InChI is InChI=1S/C34H35ClF5N9O2/c1-16-14-50-32(42-3)27-28(24(38)8-21-22-12-44-47-25(22)9-23(35)26(21)29(39)40)45-33(51-15-34-5-4-6-48(34)13-19(37)10-34)46-31(27)49(16)17(2)20-7-18(36)11-43-30(20)41/h7-9,11-12,16-17,19,29H,4-6,10,13-15H2,1-3H3,(H2,41,43)(H,44,47)/b24-8-,42-32?/t16-,17?,19?,34-/m0/s1. The zero-order valence-corrected chi connectivity index (χ0v) is 28.7. The van der Waals surface area contributed by atoms with Crippen molar-refractivity contribution in [3.63, 3.8) is 0 Å². The minimum atomic E-state index is -3.06. The number of aliphatic imine (C=N–C) groups is 1. The van der Waals surface area contributed by atoms with Crippen LogP contribution in [0.25, 0.3) is 22.8 Å². The Kier molecular flexibility index (Phi) is 9.24. The summed E-state index contributed by atoms with van der Waals surface area (Å²) in [5.74, 6) is -1.55. The molecular weight excluding hydrogens is 697 g/mol. The van der Waals surface area contributed by atoms with Gasteiger partial charge in [-0.15, -0.1) is 0 Å². The van der Waals surface area contributed by atoms with Crippen molar-refractivity contribution in [1.82, 2.24) is 30.0 Å². The number of anilines is 2. The Morgan fingerprint density at radius 3 is 2.86 bits per heavy atom. The lowest BCUT2D eigenvalue weighted by Gasteiger charge is -2.35. The van der Waals surface area contributed by atoms with Crippen LogP contribution in [0.15, 0.2) is 29.5 Å². The molecule has 3 aliphatic rings. The van der Waals surface area contributed by atoms with E-state index in [4.69, 9.17) is 31.8 Å². The molecule has 2 saturated heterocycles. The van der Waals surface area contributed by atoms with Gasteiger partial charge in [-0.3, -0.25) is 15.0 Å². The molecule has 2 fully saturated rings. The van der Waals surface area contributed by atoms with Crippen LogP contribution in [-0.4, -0.2) is 87.1 Å². The van der Waals surface area contributed by atoms with E-state index in [9.17, 15) is 17.6 Å². The average Bonchev–Trinajstić information content (AvgIpc) is 3.76. The minimum Gasteiger partial charge on any atom is -0.475 e. The number of H-pyrrole nitrogens is 1. The smallest absolute Gasteiger partial charge is 0.319 e. The van der Waals surface area contributed by atoms with Crippen molar-refractivity contribution in [3.05, 3.63) is 63.3 Å². The summed E-state index contributed by atoms with van der Waals surface area (Å²) < 4.78 is 87.3. The number of aromatic nitrogens is 5. The topological polar surface area (TPSA) is 131 Å². The minimum absolute atomic E-state index is 0.00728. The Morgan fingerprint density at radius 2 is 2.10 bits per heavy atom. The fourth-order valence-electron chi connectivity index (χ4n) is 7.62. The Morgan fingerprint density at radius 1 is 1.29 bits per heavy atom. The first kappa shape index (κ1) is 34.9. The second kappa shape index (κ2) is 13.5. The molecule has 3 aromatic heterocycles. The number of aromatic amines is 1. The van der Waals surface area contributed by atoms with Gasteiger partial charge in [-0.2, -0.15) is 15.1 Å². The van der Waals surface area contributed by atoms with E-state index in [0.29, 0.717) is 24.0 Å². The quantitative estimate of drug-likeness (QED) is 0.187. The summed E-state index contributed by atoms with van der Waals surface area (Å²) in [6.45, 7) is 4.63. The summed E-state index contributed by atoms with van der Waals surface area (Å²) in [6.07, 6.45) is 0.928. The van der Waals surface area contributed by atoms with Crippen LogP contribution in [-0.2, 0) is 4.74 Å². The van der Waals surface area contributed by atoms with Crippen LogP contribution in [0.4, 0.5) is 33.6 Å². The molecule has 0 amide bonds. The van der Waals surface area contributed by atoms with Gasteiger partial charge in [-0.1, -0.05) is 11.6 Å². The van der Waals surface area contributed by atoms with Crippen molar-refractivity contribution in [2.75, 3.05) is 44.0 Å². The fraction of sp³-hybridized carbons (Fsp3) is 0.441. The van der Waals surface area contributed by atoms with Gasteiger partial charge in [0.05, 0.1) is 40.6 Å². The lowest BCUT2D eigenvalue weighted by atomic mass is 9.95. The number of hydrogen-bond acceptors (Lipinski definition) is 10. The summed E-state index contributed by atoms with van der Waals surface area (Å²) in [4.78, 5) is 21.3. The largest absolute Gasteiger partial charge is 0.475 e. The number of halogens is 6. The number of ether oxygens (including phenoxy) is 2. The number of nitrogens with two attached hydrogens (primary N) is 1. The maximum Gasteiger partial charge on any atom is 0.319 e. The number of benzene rings is 1. The predicted octanol–water partition coefficient (Wildman–Crippen LogP) is 6.85. The average molecular weight is 732 g/mol. The van der Waals surface area contributed by atoms with Crippen molar-refractivity contribution in [3.8, 4) is 6.01 Å². The number of rotatable bonds is 8. The molecule has 1 aromatic carbocycles. The molecule has 0 aliphatic carbocycles. The number of hydrogen-bond donors (Lipinski definition) is 2. The molecule has 11 nitrogen and oxygen atoms in total. The van der Waals surface area contributed by atoms with Gasteiger partial charge in [0.15, 0.2) is 5.83 Å². The summed E-state index contributed by atoms with van der Waals surface area (Å²) in [5, 5.41) is 6.52. The highest BCUT2D eigenvalue weighted by Crippen LogP contribution is 2.43. The summed E-state index contributed by atoms with van der Waals surface area (Å²) in [7, 11) is 1.44. The van der Waals surface area contributed by atoms with Crippen molar-refractivity contribution in [2.24, 2.45) is 4.99 Å². The molecular formula is C34H35ClF5N9O2. The normalized spacial score (nSPS) is 23.8. The zero-order chi connectivity index (χ0) is 36.2. The molecule has 4 aromatic rings. The van der Waals surface area contributed by atoms with Crippen molar-refractivity contribution in [2.45, 2.75) is 63.3 Å². The number of pyridine rings is 1. The Labute approximate surface area is 294 Å². The number of nitrogens with zero attached hydrogens (tertiary/aromatic N) is 7.